The van der Waals surface area contributed by atoms with Gasteiger partial charge in [-0.05, 0) is 42.8 Å². The van der Waals surface area contributed by atoms with Crippen LogP contribution < -0.4 is 22.1 Å². The van der Waals surface area contributed by atoms with Crippen LogP contribution in [0.25, 0.3) is 0 Å². The van der Waals surface area contributed by atoms with E-state index in [1.165, 1.54) is 0 Å². The van der Waals surface area contributed by atoms with Crippen molar-refractivity contribution in [3.63, 3.8) is 0 Å². The van der Waals surface area contributed by atoms with Crippen molar-refractivity contribution in [1.29, 1.82) is 0 Å². The zero-order chi connectivity index (χ0) is 18.7. The summed E-state index contributed by atoms with van der Waals surface area (Å²) in [5.74, 6) is -0.0332. The van der Waals surface area contributed by atoms with Gasteiger partial charge in [0.05, 0.1) is 6.04 Å². The van der Waals surface area contributed by atoms with Gasteiger partial charge in [-0.25, -0.2) is 0 Å². The highest BCUT2D eigenvalue weighted by Gasteiger charge is 2.29. The number of carbonyl (C=O) groups is 3. The van der Waals surface area contributed by atoms with Crippen molar-refractivity contribution < 1.29 is 14.4 Å². The van der Waals surface area contributed by atoms with E-state index in [1.807, 2.05) is 26.4 Å². The van der Waals surface area contributed by atoms with E-state index in [1.54, 1.807) is 23.5 Å². The van der Waals surface area contributed by atoms with Crippen LogP contribution in [0.5, 0.6) is 0 Å². The summed E-state index contributed by atoms with van der Waals surface area (Å²) in [5, 5.41) is 5.32. The molecule has 0 aromatic heterocycles. The number of thioether (sulfide) groups is 2. The van der Waals surface area contributed by atoms with Gasteiger partial charge in [0.25, 0.3) is 0 Å². The van der Waals surface area contributed by atoms with E-state index < -0.39 is 29.9 Å². The van der Waals surface area contributed by atoms with Gasteiger partial charge in [0.2, 0.25) is 17.7 Å². The van der Waals surface area contributed by atoms with E-state index in [9.17, 15) is 14.4 Å². The van der Waals surface area contributed by atoms with Crippen LogP contribution >= 0.6 is 23.5 Å². The Labute approximate surface area is 152 Å². The molecule has 0 aliphatic heterocycles. The summed E-state index contributed by atoms with van der Waals surface area (Å²) < 4.78 is 0. The number of hydrogen-bond acceptors (Lipinski definition) is 6. The van der Waals surface area contributed by atoms with Crippen LogP contribution in [-0.4, -0.2) is 59.9 Å². The quantitative estimate of drug-likeness (QED) is 0.376. The van der Waals surface area contributed by atoms with Gasteiger partial charge in [0.15, 0.2) is 0 Å². The molecule has 0 saturated heterocycles. The predicted molar refractivity (Wildman–Crippen MR) is 102 cm³/mol. The van der Waals surface area contributed by atoms with Crippen molar-refractivity contribution in [3.05, 3.63) is 0 Å². The third kappa shape index (κ3) is 8.79. The molecule has 6 N–H and O–H groups in total. The van der Waals surface area contributed by atoms with Crippen LogP contribution in [0.1, 0.15) is 26.7 Å². The predicted octanol–water partition coefficient (Wildman–Crippen LogP) is -0.0692. The van der Waals surface area contributed by atoms with Crippen molar-refractivity contribution in [2.24, 2.45) is 17.4 Å². The lowest BCUT2D eigenvalue weighted by atomic mass is 10.0. The molecule has 0 heterocycles. The minimum atomic E-state index is -0.756. The number of hydrogen-bond donors (Lipinski definition) is 4. The number of amides is 3. The lowest BCUT2D eigenvalue weighted by Gasteiger charge is -2.25. The van der Waals surface area contributed by atoms with E-state index in [0.29, 0.717) is 18.6 Å². The van der Waals surface area contributed by atoms with E-state index >= 15 is 0 Å². The molecule has 24 heavy (non-hydrogen) atoms. The first-order chi connectivity index (χ1) is 11.2. The van der Waals surface area contributed by atoms with Gasteiger partial charge in [0, 0.05) is 0 Å². The third-order valence-electron chi connectivity index (χ3n) is 3.49. The second kappa shape index (κ2) is 12.4. The summed E-state index contributed by atoms with van der Waals surface area (Å²) in [4.78, 5) is 36.1. The fraction of sp³-hybridized carbons (Fsp3) is 0.800. The van der Waals surface area contributed by atoms with Crippen LogP contribution in [0.4, 0.5) is 0 Å². The largest absolute Gasteiger partial charge is 0.368 e. The fourth-order valence-electron chi connectivity index (χ4n) is 1.95. The molecule has 0 aliphatic carbocycles. The highest BCUT2D eigenvalue weighted by molar-refractivity contribution is 7.98. The van der Waals surface area contributed by atoms with Crippen molar-refractivity contribution >= 4 is 41.2 Å². The van der Waals surface area contributed by atoms with E-state index in [0.717, 1.165) is 5.75 Å². The maximum Gasteiger partial charge on any atom is 0.243 e. The SMILES string of the molecule is CSCC[C@H](N)C(=O)N[C@H](C(=O)N[C@H](CCSC)C(N)=O)C(C)C. The molecule has 7 nitrogen and oxygen atoms in total. The Morgan fingerprint density at radius 1 is 0.958 bits per heavy atom. The molecule has 0 bridgehead atoms. The molecule has 3 amide bonds. The smallest absolute Gasteiger partial charge is 0.243 e. The van der Waals surface area contributed by atoms with Crippen molar-refractivity contribution in [1.82, 2.24) is 10.6 Å². The summed E-state index contributed by atoms with van der Waals surface area (Å²) in [6, 6.07) is -2.16. The Kier molecular flexibility index (Phi) is 12.0. The Hall–Kier alpha value is -0.930. The standard InChI is InChI=1S/C15H30N4O3S2/c1-9(2)12(19-14(21)10(16)5-7-23-3)15(22)18-11(13(17)20)6-8-24-4/h9-12H,5-8,16H2,1-4H3,(H2,17,20)(H,18,22)(H,19,21)/t10-,11+,12-/m0/s1. The molecule has 140 valence electrons. The molecule has 0 aromatic rings. The monoisotopic (exact) mass is 378 g/mol. The number of rotatable bonds is 12. The van der Waals surface area contributed by atoms with Gasteiger partial charge in [-0.3, -0.25) is 14.4 Å². The van der Waals surface area contributed by atoms with Gasteiger partial charge < -0.3 is 22.1 Å². The Morgan fingerprint density at radius 2 is 1.50 bits per heavy atom. The molecule has 0 fully saturated rings. The highest BCUT2D eigenvalue weighted by Crippen LogP contribution is 2.06. The Morgan fingerprint density at radius 3 is 1.96 bits per heavy atom. The topological polar surface area (TPSA) is 127 Å². The maximum absolute atomic E-state index is 12.4. The fourth-order valence-corrected chi connectivity index (χ4v) is 2.91. The van der Waals surface area contributed by atoms with Crippen LogP contribution in [0.2, 0.25) is 0 Å². The highest BCUT2D eigenvalue weighted by atomic mass is 32.2. The summed E-state index contributed by atoms with van der Waals surface area (Å²) >= 11 is 3.17. The lowest BCUT2D eigenvalue weighted by Crippen LogP contribution is -2.57. The molecule has 0 saturated carbocycles. The number of primary amides is 1. The van der Waals surface area contributed by atoms with Gasteiger partial charge in [-0.2, -0.15) is 23.5 Å². The number of carbonyl (C=O) groups excluding carboxylic acids is 3. The van der Waals surface area contributed by atoms with Crippen molar-refractivity contribution in [2.45, 2.75) is 44.8 Å². The minimum Gasteiger partial charge on any atom is -0.368 e. The van der Waals surface area contributed by atoms with Gasteiger partial charge in [0.1, 0.15) is 12.1 Å². The van der Waals surface area contributed by atoms with Crippen molar-refractivity contribution in [3.8, 4) is 0 Å². The second-order valence-corrected chi connectivity index (χ2v) is 7.83. The van der Waals surface area contributed by atoms with E-state index in [4.69, 9.17) is 11.5 Å². The van der Waals surface area contributed by atoms with Crippen molar-refractivity contribution in [2.75, 3.05) is 24.0 Å². The summed E-state index contributed by atoms with van der Waals surface area (Å²) in [5.41, 5.74) is 11.2. The molecular formula is C15H30N4O3S2. The molecule has 3 atom stereocenters. The normalized spacial score (nSPS) is 14.8. The zero-order valence-electron chi connectivity index (χ0n) is 14.8. The maximum atomic E-state index is 12.4. The lowest BCUT2D eigenvalue weighted by molar-refractivity contribution is -0.132. The third-order valence-corrected chi connectivity index (χ3v) is 4.78. The molecule has 0 rings (SSSR count). The first kappa shape index (κ1) is 23.1. The molecule has 0 aliphatic rings. The van der Waals surface area contributed by atoms with E-state index in [2.05, 4.69) is 10.6 Å². The van der Waals surface area contributed by atoms with Gasteiger partial charge in [-0.1, -0.05) is 13.8 Å². The first-order valence-corrected chi connectivity index (χ1v) is 10.7. The number of nitrogens with two attached hydrogens (primary N) is 2. The molecule has 0 aromatic carbocycles. The van der Waals surface area contributed by atoms with E-state index in [-0.39, 0.29) is 11.8 Å². The Bertz CT molecular complexity index is 422. The Balaban J connectivity index is 4.81. The summed E-state index contributed by atoms with van der Waals surface area (Å²) in [7, 11) is 0. The average molecular weight is 379 g/mol. The van der Waals surface area contributed by atoms with Crippen LogP contribution in [-0.2, 0) is 14.4 Å². The molecule has 9 heteroatoms. The average Bonchev–Trinajstić information content (AvgIpc) is 2.52. The van der Waals surface area contributed by atoms with Crippen LogP contribution in [0, 0.1) is 5.92 Å². The van der Waals surface area contributed by atoms with Crippen LogP contribution in [0.15, 0.2) is 0 Å². The summed E-state index contributed by atoms with van der Waals surface area (Å²) in [6.45, 7) is 3.64. The first-order valence-electron chi connectivity index (χ1n) is 7.88. The van der Waals surface area contributed by atoms with Gasteiger partial charge in [-0.15, -0.1) is 0 Å². The van der Waals surface area contributed by atoms with Gasteiger partial charge >= 0.3 is 0 Å². The molecule has 0 unspecified atom stereocenters. The summed E-state index contributed by atoms with van der Waals surface area (Å²) in [6.07, 6.45) is 4.84. The molecule has 0 spiro atoms. The molecule has 0 radical (unpaired) electrons. The zero-order valence-corrected chi connectivity index (χ0v) is 16.5. The number of nitrogens with one attached hydrogen (secondary N) is 2. The second-order valence-electron chi connectivity index (χ2n) is 5.86. The molecular weight excluding hydrogens is 348 g/mol. The van der Waals surface area contributed by atoms with Crippen LogP contribution in [0.3, 0.4) is 0 Å². The minimum absolute atomic E-state index is 0.143.